The number of rotatable bonds is 7. The molecule has 2 aromatic heterocycles. The van der Waals surface area contributed by atoms with Gasteiger partial charge >= 0.3 is 0 Å². The van der Waals surface area contributed by atoms with Crippen molar-refractivity contribution < 1.29 is 18.5 Å². The molecule has 3 heterocycles. The second-order valence-electron chi connectivity index (χ2n) is 5.26. The summed E-state index contributed by atoms with van der Waals surface area (Å²) in [5.74, 6) is 2.72. The third kappa shape index (κ3) is 4.14. The monoisotopic (exact) mass is 337 g/mol. The van der Waals surface area contributed by atoms with Crippen molar-refractivity contribution in [3.05, 3.63) is 35.4 Å². The molecule has 0 saturated carbocycles. The Morgan fingerprint density at radius 2 is 2.39 bits per heavy atom. The highest BCUT2D eigenvalue weighted by atomic mass is 32.2. The lowest BCUT2D eigenvalue weighted by Crippen LogP contribution is -2.25. The van der Waals surface area contributed by atoms with Crippen LogP contribution in [0.25, 0.3) is 0 Å². The van der Waals surface area contributed by atoms with Crippen molar-refractivity contribution in [2.45, 2.75) is 31.1 Å². The molecule has 1 saturated heterocycles. The van der Waals surface area contributed by atoms with Crippen LogP contribution in [0.3, 0.4) is 0 Å². The van der Waals surface area contributed by atoms with E-state index in [4.69, 9.17) is 13.7 Å². The summed E-state index contributed by atoms with van der Waals surface area (Å²) >= 11 is 1.64. The smallest absolute Gasteiger partial charge is 0.287 e. The second-order valence-corrected chi connectivity index (χ2v) is 6.12. The third-order valence-corrected chi connectivity index (χ3v) is 4.07. The molecule has 8 heteroatoms. The topological polar surface area (TPSA) is 90.4 Å². The number of carbonyl (C=O) groups excluding carboxylic acids is 1. The number of hydrogen-bond donors (Lipinski definition) is 1. The maximum absolute atomic E-state index is 12.0. The van der Waals surface area contributed by atoms with Gasteiger partial charge in [-0.25, -0.2) is 0 Å². The summed E-state index contributed by atoms with van der Waals surface area (Å²) in [4.78, 5) is 16.3. The molecule has 1 fully saturated rings. The molecular weight excluding hydrogens is 318 g/mol. The Bertz CT molecular complexity index is 649. The Kier molecular flexibility index (Phi) is 5.35. The number of ether oxygens (including phenoxy) is 1. The molecule has 0 bridgehead atoms. The summed E-state index contributed by atoms with van der Waals surface area (Å²) in [6.07, 6.45) is 4.33. The highest BCUT2D eigenvalue weighted by molar-refractivity contribution is 7.97. The molecule has 1 N–H and O–H groups in total. The lowest BCUT2D eigenvalue weighted by atomic mass is 10.2. The number of hydrogen-bond acceptors (Lipinski definition) is 7. The Hall–Kier alpha value is -1.80. The summed E-state index contributed by atoms with van der Waals surface area (Å²) in [6, 6.07) is 3.50. The van der Waals surface area contributed by atoms with E-state index in [1.54, 1.807) is 17.8 Å². The molecule has 0 spiro atoms. The molecule has 0 aliphatic carbocycles. The minimum Gasteiger partial charge on any atom is -0.455 e. The summed E-state index contributed by atoms with van der Waals surface area (Å²) in [7, 11) is 0. The zero-order chi connectivity index (χ0) is 16.1. The maximum atomic E-state index is 12.0. The molecule has 1 aliphatic rings. The molecule has 3 rings (SSSR count). The van der Waals surface area contributed by atoms with Gasteiger partial charge in [-0.2, -0.15) is 16.7 Å². The third-order valence-electron chi connectivity index (χ3n) is 3.50. The van der Waals surface area contributed by atoms with E-state index in [9.17, 15) is 4.79 Å². The number of amides is 1. The van der Waals surface area contributed by atoms with Crippen LogP contribution in [-0.4, -0.2) is 35.5 Å². The van der Waals surface area contributed by atoms with Crippen molar-refractivity contribution in [2.24, 2.45) is 0 Å². The number of furan rings is 1. The molecule has 1 atom stereocenters. The Morgan fingerprint density at radius 1 is 1.48 bits per heavy atom. The molecule has 1 aliphatic heterocycles. The van der Waals surface area contributed by atoms with Crippen LogP contribution < -0.4 is 5.32 Å². The van der Waals surface area contributed by atoms with E-state index in [1.807, 2.05) is 12.3 Å². The second kappa shape index (κ2) is 7.65. The number of thioether (sulfide) groups is 1. The lowest BCUT2D eigenvalue weighted by molar-refractivity contribution is 0.0835. The Morgan fingerprint density at radius 3 is 3.17 bits per heavy atom. The normalized spacial score (nSPS) is 17.5. The first kappa shape index (κ1) is 16.1. The summed E-state index contributed by atoms with van der Waals surface area (Å²) in [5, 5.41) is 6.70. The molecule has 1 unspecified atom stereocenters. The first-order valence-corrected chi connectivity index (χ1v) is 8.95. The highest BCUT2D eigenvalue weighted by Gasteiger charge is 2.23. The number of aromatic nitrogens is 2. The molecule has 124 valence electrons. The van der Waals surface area contributed by atoms with Crippen molar-refractivity contribution in [3.8, 4) is 0 Å². The van der Waals surface area contributed by atoms with Crippen LogP contribution >= 0.6 is 11.8 Å². The molecule has 7 nitrogen and oxygen atoms in total. The van der Waals surface area contributed by atoms with Crippen LogP contribution in [0.2, 0.25) is 0 Å². The van der Waals surface area contributed by atoms with Crippen LogP contribution in [0.4, 0.5) is 0 Å². The molecule has 1 amide bonds. The average molecular weight is 337 g/mol. The zero-order valence-electron chi connectivity index (χ0n) is 12.9. The van der Waals surface area contributed by atoms with Gasteiger partial charge in [-0.05, 0) is 31.2 Å². The largest absolute Gasteiger partial charge is 0.455 e. The molecule has 23 heavy (non-hydrogen) atoms. The average Bonchev–Trinajstić information content (AvgIpc) is 3.28. The van der Waals surface area contributed by atoms with Gasteiger partial charge < -0.3 is 19.0 Å². The number of carbonyl (C=O) groups is 1. The van der Waals surface area contributed by atoms with E-state index in [1.165, 1.54) is 0 Å². The first-order chi connectivity index (χ1) is 11.3. The van der Waals surface area contributed by atoms with Crippen molar-refractivity contribution in [1.29, 1.82) is 0 Å². The zero-order valence-corrected chi connectivity index (χ0v) is 13.7. The van der Waals surface area contributed by atoms with Gasteiger partial charge in [0.05, 0.1) is 5.75 Å². The van der Waals surface area contributed by atoms with Gasteiger partial charge in [0.15, 0.2) is 11.6 Å². The van der Waals surface area contributed by atoms with E-state index in [0.29, 0.717) is 30.4 Å². The van der Waals surface area contributed by atoms with Crippen molar-refractivity contribution in [3.63, 3.8) is 0 Å². The maximum Gasteiger partial charge on any atom is 0.287 e. The Balaban J connectivity index is 1.46. The minimum absolute atomic E-state index is 0.0798. The van der Waals surface area contributed by atoms with E-state index < -0.39 is 0 Å². The SMILES string of the molecule is CSCc1ccc(C(=O)NCCc2noc(C3CCCO3)n2)o1. The fourth-order valence-electron chi connectivity index (χ4n) is 2.37. The van der Waals surface area contributed by atoms with Crippen LogP contribution in [0.5, 0.6) is 0 Å². The fourth-order valence-corrected chi connectivity index (χ4v) is 2.81. The van der Waals surface area contributed by atoms with Gasteiger partial charge in [-0.1, -0.05) is 5.16 Å². The summed E-state index contributed by atoms with van der Waals surface area (Å²) in [6.45, 7) is 1.15. The van der Waals surface area contributed by atoms with Gasteiger partial charge in [0.1, 0.15) is 11.9 Å². The summed E-state index contributed by atoms with van der Waals surface area (Å²) in [5.41, 5.74) is 0. The minimum atomic E-state index is -0.236. The van der Waals surface area contributed by atoms with E-state index in [0.717, 1.165) is 31.0 Å². The molecule has 2 aromatic rings. The number of nitrogens with one attached hydrogen (secondary N) is 1. The Labute approximate surface area is 138 Å². The highest BCUT2D eigenvalue weighted by Crippen LogP contribution is 2.26. The summed E-state index contributed by atoms with van der Waals surface area (Å²) < 4.78 is 16.2. The van der Waals surface area contributed by atoms with E-state index >= 15 is 0 Å². The van der Waals surface area contributed by atoms with Crippen molar-refractivity contribution in [1.82, 2.24) is 15.5 Å². The van der Waals surface area contributed by atoms with Gasteiger partial charge in [-0.15, -0.1) is 0 Å². The van der Waals surface area contributed by atoms with Gasteiger partial charge in [0.25, 0.3) is 11.8 Å². The molecular formula is C15H19N3O4S. The standard InChI is InChI=1S/C15H19N3O4S/c1-23-9-10-4-5-11(21-10)14(19)16-7-6-13-17-15(22-18-13)12-3-2-8-20-12/h4-5,12H,2-3,6-9H2,1H3,(H,16,19). The van der Waals surface area contributed by atoms with Crippen LogP contribution in [0, 0.1) is 0 Å². The van der Waals surface area contributed by atoms with Gasteiger partial charge in [0, 0.05) is 19.6 Å². The predicted octanol–water partition coefficient (Wildman–Crippen LogP) is 2.35. The molecule has 0 aromatic carbocycles. The fraction of sp³-hybridized carbons (Fsp3) is 0.533. The van der Waals surface area contributed by atoms with Crippen LogP contribution in [0.1, 0.15) is 47.0 Å². The van der Waals surface area contributed by atoms with E-state index in [2.05, 4.69) is 15.5 Å². The van der Waals surface area contributed by atoms with Crippen molar-refractivity contribution >= 4 is 17.7 Å². The quantitative estimate of drug-likeness (QED) is 0.829. The van der Waals surface area contributed by atoms with Gasteiger partial charge in [-0.3, -0.25) is 4.79 Å². The predicted molar refractivity (Wildman–Crippen MR) is 84.2 cm³/mol. The van der Waals surface area contributed by atoms with Gasteiger partial charge in [0.2, 0.25) is 0 Å². The van der Waals surface area contributed by atoms with Crippen LogP contribution in [0.15, 0.2) is 21.1 Å². The molecule has 0 radical (unpaired) electrons. The van der Waals surface area contributed by atoms with E-state index in [-0.39, 0.29) is 12.0 Å². The number of nitrogens with zero attached hydrogens (tertiary/aromatic N) is 2. The first-order valence-electron chi connectivity index (χ1n) is 7.56. The lowest BCUT2D eigenvalue weighted by Gasteiger charge is -2.01. The van der Waals surface area contributed by atoms with Crippen molar-refractivity contribution in [2.75, 3.05) is 19.4 Å². The van der Waals surface area contributed by atoms with Crippen LogP contribution in [-0.2, 0) is 16.9 Å².